The number of anilines is 2. The molecule has 4 rings (SSSR count). The number of H-pyrrole nitrogens is 1. The Morgan fingerprint density at radius 3 is 2.43 bits per heavy atom. The number of halogens is 1. The number of nitrogens with zero attached hydrogens (tertiary/aromatic N) is 3. The summed E-state index contributed by atoms with van der Waals surface area (Å²) in [5.41, 5.74) is 6.24. The molecule has 1 unspecified atom stereocenters. The van der Waals surface area contributed by atoms with Crippen LogP contribution in [0.3, 0.4) is 0 Å². The van der Waals surface area contributed by atoms with Gasteiger partial charge < -0.3 is 10.6 Å². The van der Waals surface area contributed by atoms with E-state index >= 15 is 0 Å². The quantitative estimate of drug-likeness (QED) is 0.491. The summed E-state index contributed by atoms with van der Waals surface area (Å²) < 4.78 is 15.7. The molecule has 9 heteroatoms. The Labute approximate surface area is 202 Å². The van der Waals surface area contributed by atoms with Crippen molar-refractivity contribution in [3.8, 4) is 0 Å². The third kappa shape index (κ3) is 5.19. The normalized spacial score (nSPS) is 14.2. The molecule has 1 aromatic heterocycles. The van der Waals surface area contributed by atoms with Crippen LogP contribution in [0.15, 0.2) is 64.2 Å². The van der Waals surface area contributed by atoms with Gasteiger partial charge in [-0.05, 0) is 38.3 Å². The molecule has 8 nitrogen and oxygen atoms in total. The van der Waals surface area contributed by atoms with Crippen LogP contribution < -0.4 is 21.9 Å². The van der Waals surface area contributed by atoms with E-state index in [0.717, 1.165) is 18.4 Å². The van der Waals surface area contributed by atoms with Gasteiger partial charge in [0.15, 0.2) is 5.69 Å². The largest absolute Gasteiger partial charge is 0.383 e. The maximum absolute atomic E-state index is 14.5. The third-order valence-electron chi connectivity index (χ3n) is 6.47. The van der Waals surface area contributed by atoms with Gasteiger partial charge in [0.25, 0.3) is 5.56 Å². The molecule has 0 aliphatic heterocycles. The molecular weight excluding hydrogens is 449 g/mol. The van der Waals surface area contributed by atoms with E-state index in [1.807, 2.05) is 42.2 Å². The van der Waals surface area contributed by atoms with Gasteiger partial charge in [-0.3, -0.25) is 24.0 Å². The van der Waals surface area contributed by atoms with Gasteiger partial charge >= 0.3 is 5.69 Å². The van der Waals surface area contributed by atoms with E-state index in [2.05, 4.69) is 4.98 Å². The predicted molar refractivity (Wildman–Crippen MR) is 134 cm³/mol. The van der Waals surface area contributed by atoms with E-state index in [0.29, 0.717) is 5.56 Å². The first-order valence-electron chi connectivity index (χ1n) is 11.8. The van der Waals surface area contributed by atoms with Crippen LogP contribution in [0.2, 0.25) is 0 Å². The number of carbonyl (C=O) groups is 1. The minimum absolute atomic E-state index is 0.00923. The molecule has 0 spiro atoms. The highest BCUT2D eigenvalue weighted by Crippen LogP contribution is 2.35. The zero-order valence-electron chi connectivity index (χ0n) is 19.9. The molecule has 1 heterocycles. The molecule has 1 fully saturated rings. The Bertz CT molecular complexity index is 1320. The van der Waals surface area contributed by atoms with Crippen molar-refractivity contribution in [1.29, 1.82) is 0 Å². The average Bonchev–Trinajstić information content (AvgIpc) is 3.68. The number of hydrogen-bond acceptors (Lipinski definition) is 5. The number of aromatic nitrogens is 2. The van der Waals surface area contributed by atoms with Crippen molar-refractivity contribution in [2.75, 3.05) is 23.7 Å². The number of carbonyl (C=O) groups excluding carboxylic acids is 1. The van der Waals surface area contributed by atoms with Crippen LogP contribution in [0.25, 0.3) is 0 Å². The number of rotatable bonds is 9. The predicted octanol–water partition coefficient (Wildman–Crippen LogP) is 2.88. The SMILES string of the molecule is CCN(C(=O)CN(C1CC1)C(C)c1ccccc1F)c1c(N)n(Cc2ccccc2)c(=O)[nH]c1=O. The van der Waals surface area contributed by atoms with Crippen LogP contribution in [0.5, 0.6) is 0 Å². The average molecular weight is 480 g/mol. The van der Waals surface area contributed by atoms with Crippen molar-refractivity contribution in [1.82, 2.24) is 14.5 Å². The third-order valence-corrected chi connectivity index (χ3v) is 6.47. The summed E-state index contributed by atoms with van der Waals surface area (Å²) in [6, 6.07) is 15.6. The number of nitrogens with one attached hydrogen (secondary N) is 1. The summed E-state index contributed by atoms with van der Waals surface area (Å²) in [5, 5.41) is 0. The van der Waals surface area contributed by atoms with Crippen molar-refractivity contribution < 1.29 is 9.18 Å². The van der Waals surface area contributed by atoms with Crippen molar-refractivity contribution in [3.63, 3.8) is 0 Å². The Hall–Kier alpha value is -3.72. The van der Waals surface area contributed by atoms with Gasteiger partial charge in [-0.2, -0.15) is 0 Å². The first-order valence-corrected chi connectivity index (χ1v) is 11.8. The molecule has 1 atom stereocenters. The van der Waals surface area contributed by atoms with E-state index in [1.54, 1.807) is 25.1 Å². The minimum Gasteiger partial charge on any atom is -0.383 e. The fourth-order valence-corrected chi connectivity index (χ4v) is 4.44. The number of benzene rings is 2. The molecule has 1 aliphatic carbocycles. The second kappa shape index (κ2) is 10.3. The Morgan fingerprint density at radius 2 is 1.80 bits per heavy atom. The summed E-state index contributed by atoms with van der Waals surface area (Å²) in [6.45, 7) is 3.94. The summed E-state index contributed by atoms with van der Waals surface area (Å²) in [6.07, 6.45) is 1.84. The lowest BCUT2D eigenvalue weighted by molar-refractivity contribution is -0.120. The molecule has 0 saturated heterocycles. The molecule has 1 amide bonds. The van der Waals surface area contributed by atoms with Crippen molar-refractivity contribution in [3.05, 3.63) is 92.4 Å². The highest BCUT2D eigenvalue weighted by Gasteiger charge is 2.36. The van der Waals surface area contributed by atoms with Crippen LogP contribution >= 0.6 is 0 Å². The number of hydrogen-bond donors (Lipinski definition) is 2. The highest BCUT2D eigenvalue weighted by atomic mass is 19.1. The lowest BCUT2D eigenvalue weighted by atomic mass is 10.1. The fourth-order valence-electron chi connectivity index (χ4n) is 4.44. The van der Waals surface area contributed by atoms with Crippen LogP contribution in [0.1, 0.15) is 43.9 Å². The summed E-state index contributed by atoms with van der Waals surface area (Å²) in [4.78, 5) is 44.4. The fraction of sp³-hybridized carbons (Fsp3) is 0.346. The molecule has 3 aromatic rings. The number of nitrogen functional groups attached to an aromatic ring is 1. The summed E-state index contributed by atoms with van der Waals surface area (Å²) in [5.74, 6) is -0.734. The van der Waals surface area contributed by atoms with E-state index in [4.69, 9.17) is 5.73 Å². The van der Waals surface area contributed by atoms with Crippen LogP contribution in [-0.2, 0) is 11.3 Å². The first kappa shape index (κ1) is 24.4. The zero-order chi connectivity index (χ0) is 25.1. The van der Waals surface area contributed by atoms with Crippen molar-refractivity contribution in [2.24, 2.45) is 0 Å². The van der Waals surface area contributed by atoms with Crippen molar-refractivity contribution in [2.45, 2.75) is 45.3 Å². The second-order valence-electron chi connectivity index (χ2n) is 8.80. The molecule has 1 saturated carbocycles. The number of aromatic amines is 1. The molecule has 0 bridgehead atoms. The van der Waals surface area contributed by atoms with E-state index < -0.39 is 11.2 Å². The molecule has 3 N–H and O–H groups in total. The maximum atomic E-state index is 14.5. The van der Waals surface area contributed by atoms with Gasteiger partial charge in [0, 0.05) is 24.2 Å². The number of likely N-dealkylation sites (N-methyl/N-ethyl adjacent to an activating group) is 1. The highest BCUT2D eigenvalue weighted by molar-refractivity contribution is 5.96. The van der Waals surface area contributed by atoms with Crippen LogP contribution in [0, 0.1) is 5.82 Å². The van der Waals surface area contributed by atoms with Gasteiger partial charge in [-0.1, -0.05) is 48.5 Å². The second-order valence-corrected chi connectivity index (χ2v) is 8.80. The van der Waals surface area contributed by atoms with E-state index in [-0.39, 0.29) is 54.9 Å². The maximum Gasteiger partial charge on any atom is 0.330 e. The van der Waals surface area contributed by atoms with Crippen LogP contribution in [0.4, 0.5) is 15.9 Å². The Kier molecular flexibility index (Phi) is 7.16. The lowest BCUT2D eigenvalue weighted by Gasteiger charge is -2.31. The Morgan fingerprint density at radius 1 is 1.14 bits per heavy atom. The zero-order valence-corrected chi connectivity index (χ0v) is 19.9. The molecular formula is C26H30FN5O3. The van der Waals surface area contributed by atoms with Gasteiger partial charge in [-0.15, -0.1) is 0 Å². The molecule has 184 valence electrons. The standard InChI is InChI=1S/C26H30FN5O3/c1-3-30(22(33)16-31(19-13-14-19)17(2)20-11-7-8-12-21(20)27)23-24(28)32(26(35)29-25(23)34)15-18-9-5-4-6-10-18/h4-12,17,19H,3,13-16,28H2,1-2H3,(H,29,34,35). The molecule has 0 radical (unpaired) electrons. The monoisotopic (exact) mass is 479 g/mol. The van der Waals surface area contributed by atoms with Gasteiger partial charge in [0.05, 0.1) is 13.1 Å². The topological polar surface area (TPSA) is 104 Å². The summed E-state index contributed by atoms with van der Waals surface area (Å²) in [7, 11) is 0. The Balaban J connectivity index is 1.64. The summed E-state index contributed by atoms with van der Waals surface area (Å²) >= 11 is 0. The molecule has 2 aromatic carbocycles. The minimum atomic E-state index is -0.716. The van der Waals surface area contributed by atoms with Crippen molar-refractivity contribution >= 4 is 17.4 Å². The van der Waals surface area contributed by atoms with Gasteiger partial charge in [0.1, 0.15) is 11.6 Å². The van der Waals surface area contributed by atoms with Gasteiger partial charge in [-0.25, -0.2) is 9.18 Å². The number of nitrogens with two attached hydrogens (primary N) is 1. The molecule has 35 heavy (non-hydrogen) atoms. The first-order chi connectivity index (χ1) is 16.8. The van der Waals surface area contributed by atoms with E-state index in [9.17, 15) is 18.8 Å². The molecule has 1 aliphatic rings. The number of amides is 1. The lowest BCUT2D eigenvalue weighted by Crippen LogP contribution is -2.46. The van der Waals surface area contributed by atoms with E-state index in [1.165, 1.54) is 15.5 Å². The van der Waals surface area contributed by atoms with Gasteiger partial charge in [0.2, 0.25) is 5.91 Å². The van der Waals surface area contributed by atoms with Crippen LogP contribution in [-0.4, -0.2) is 39.5 Å². The smallest absolute Gasteiger partial charge is 0.330 e.